The van der Waals surface area contributed by atoms with Crippen LogP contribution in [0.5, 0.6) is 0 Å². The lowest BCUT2D eigenvalue weighted by atomic mass is 9.90. The Hall–Kier alpha value is -2.34. The van der Waals surface area contributed by atoms with Crippen LogP contribution in [0.2, 0.25) is 0 Å². The number of aromatic nitrogens is 5. The van der Waals surface area contributed by atoms with Gasteiger partial charge in [-0.25, -0.2) is 9.97 Å². The van der Waals surface area contributed by atoms with Crippen molar-refractivity contribution in [2.45, 2.75) is 118 Å². The van der Waals surface area contributed by atoms with Crippen LogP contribution in [0.1, 0.15) is 103 Å². The van der Waals surface area contributed by atoms with Crippen molar-refractivity contribution < 1.29 is 4.74 Å². The summed E-state index contributed by atoms with van der Waals surface area (Å²) in [6.45, 7) is 25.9. The van der Waals surface area contributed by atoms with E-state index < -0.39 is 0 Å². The van der Waals surface area contributed by atoms with E-state index in [2.05, 4.69) is 112 Å². The Labute approximate surface area is 219 Å². The summed E-state index contributed by atoms with van der Waals surface area (Å²) in [5.41, 5.74) is 6.21. The van der Waals surface area contributed by atoms with Gasteiger partial charge in [-0.3, -0.25) is 0 Å². The molecule has 0 spiro atoms. The molecular weight excluding hydrogens is 446 g/mol. The van der Waals surface area contributed by atoms with Crippen molar-refractivity contribution in [1.29, 1.82) is 0 Å². The molecule has 3 aromatic heterocycles. The number of rotatable bonds is 0. The molecule has 36 heavy (non-hydrogen) atoms. The molecule has 5 rings (SSSR count). The molecule has 0 N–H and O–H groups in total. The largest absolute Gasteiger partial charge is 0.372 e. The maximum absolute atomic E-state index is 5.34. The van der Waals surface area contributed by atoms with Gasteiger partial charge >= 0.3 is 0 Å². The van der Waals surface area contributed by atoms with Gasteiger partial charge in [-0.15, -0.1) is 0 Å². The third kappa shape index (κ3) is 6.50. The number of aryl methyl sites for hydroxylation is 3. The third-order valence-electron chi connectivity index (χ3n) is 6.87. The van der Waals surface area contributed by atoms with E-state index in [0.29, 0.717) is 6.61 Å². The molecule has 0 aliphatic carbocycles. The van der Waals surface area contributed by atoms with Crippen LogP contribution in [0.4, 0.5) is 0 Å². The normalized spacial score (nSPS) is 15.4. The fourth-order valence-corrected chi connectivity index (χ4v) is 5.33. The summed E-state index contributed by atoms with van der Waals surface area (Å²) in [6, 6.07) is 2.17. The number of imidazole rings is 2. The zero-order valence-electron chi connectivity index (χ0n) is 24.7. The van der Waals surface area contributed by atoms with Crippen molar-refractivity contribution in [2.75, 3.05) is 6.61 Å². The van der Waals surface area contributed by atoms with E-state index >= 15 is 0 Å². The van der Waals surface area contributed by atoms with E-state index in [1.54, 1.807) is 0 Å². The monoisotopic (exact) mass is 495 g/mol. The lowest BCUT2D eigenvalue weighted by Crippen LogP contribution is -2.24. The molecule has 6 nitrogen and oxygen atoms in total. The molecule has 0 unspecified atom stereocenters. The molecule has 6 heteroatoms. The van der Waals surface area contributed by atoms with Crippen LogP contribution >= 0.6 is 0 Å². The molecule has 0 aromatic carbocycles. The zero-order valence-corrected chi connectivity index (χ0v) is 24.7. The minimum Gasteiger partial charge on any atom is -0.372 e. The van der Waals surface area contributed by atoms with Gasteiger partial charge in [0.15, 0.2) is 0 Å². The number of nitrogens with zero attached hydrogens (tertiary/aromatic N) is 5. The van der Waals surface area contributed by atoms with Gasteiger partial charge in [0.2, 0.25) is 0 Å². The standard InChI is InChI=1S/C10H16N2O.C10H16N2.C10H17N/c1-10(2,3)8-6-11-9-7-13-5-4-12(8)9;1-10(2,3)8-7-11-9-5-4-6-12(8)9;1-8-6-7-11(5)9(8)10(2,3)4/h6H,4-5,7H2,1-3H3;7H,4-6H2,1-3H3;6-7H,1-5H3. The lowest BCUT2D eigenvalue weighted by Gasteiger charge is -2.24. The smallest absolute Gasteiger partial charge is 0.135 e. The number of hydrogen-bond donors (Lipinski definition) is 0. The van der Waals surface area contributed by atoms with Crippen LogP contribution in [-0.4, -0.2) is 30.3 Å². The van der Waals surface area contributed by atoms with E-state index in [1.807, 2.05) is 12.4 Å². The second kappa shape index (κ2) is 10.6. The Balaban J connectivity index is 0.000000151. The molecule has 0 saturated carbocycles. The average molecular weight is 496 g/mol. The number of fused-ring (bicyclic) bond motifs is 2. The molecule has 0 fully saturated rings. The molecule has 0 radical (unpaired) electrons. The lowest BCUT2D eigenvalue weighted by molar-refractivity contribution is 0.0797. The topological polar surface area (TPSA) is 49.8 Å². The van der Waals surface area contributed by atoms with Gasteiger partial charge in [-0.1, -0.05) is 62.3 Å². The number of hydrogen-bond acceptors (Lipinski definition) is 3. The quantitative estimate of drug-likeness (QED) is 0.359. The van der Waals surface area contributed by atoms with Crippen LogP contribution in [0.25, 0.3) is 0 Å². The first-order valence-corrected chi connectivity index (χ1v) is 13.4. The molecule has 3 aromatic rings. The van der Waals surface area contributed by atoms with Crippen molar-refractivity contribution in [3.63, 3.8) is 0 Å². The second-order valence-electron chi connectivity index (χ2n) is 13.3. The first kappa shape index (κ1) is 28.2. The summed E-state index contributed by atoms with van der Waals surface area (Å²) < 4.78 is 12.2. The Morgan fingerprint density at radius 1 is 0.778 bits per heavy atom. The molecule has 2 aliphatic heterocycles. The van der Waals surface area contributed by atoms with Gasteiger partial charge in [0.05, 0.1) is 6.61 Å². The van der Waals surface area contributed by atoms with Gasteiger partial charge in [0, 0.05) is 78.5 Å². The van der Waals surface area contributed by atoms with Crippen LogP contribution < -0.4 is 0 Å². The number of ether oxygens (including phenoxy) is 1. The van der Waals surface area contributed by atoms with Crippen molar-refractivity contribution in [2.24, 2.45) is 7.05 Å². The molecule has 0 amide bonds. The van der Waals surface area contributed by atoms with Crippen molar-refractivity contribution in [3.05, 3.63) is 59.0 Å². The summed E-state index contributed by atoms with van der Waals surface area (Å²) in [6.07, 6.45) is 8.57. The van der Waals surface area contributed by atoms with E-state index in [1.165, 1.54) is 41.4 Å². The minimum absolute atomic E-state index is 0.183. The van der Waals surface area contributed by atoms with E-state index in [9.17, 15) is 0 Å². The summed E-state index contributed by atoms with van der Waals surface area (Å²) >= 11 is 0. The fourth-order valence-electron chi connectivity index (χ4n) is 5.33. The maximum Gasteiger partial charge on any atom is 0.135 e. The zero-order chi connectivity index (χ0) is 26.9. The molecule has 0 saturated heterocycles. The molecule has 2 aliphatic rings. The molecular formula is C30H49N5O. The van der Waals surface area contributed by atoms with Crippen LogP contribution in [-0.2, 0) is 54.1 Å². The fraction of sp³-hybridized carbons (Fsp3) is 0.667. The van der Waals surface area contributed by atoms with Crippen LogP contribution in [0.3, 0.4) is 0 Å². The summed E-state index contributed by atoms with van der Waals surface area (Å²) in [7, 11) is 2.10. The van der Waals surface area contributed by atoms with Gasteiger partial charge in [-0.05, 0) is 25.0 Å². The van der Waals surface area contributed by atoms with Crippen LogP contribution in [0, 0.1) is 6.92 Å². The average Bonchev–Trinajstić information content (AvgIpc) is 3.49. The Kier molecular flexibility index (Phi) is 8.29. The minimum atomic E-state index is 0.183. The Morgan fingerprint density at radius 2 is 1.33 bits per heavy atom. The van der Waals surface area contributed by atoms with Gasteiger partial charge in [0.1, 0.15) is 18.3 Å². The highest BCUT2D eigenvalue weighted by molar-refractivity contribution is 5.26. The van der Waals surface area contributed by atoms with E-state index in [0.717, 1.165) is 25.4 Å². The van der Waals surface area contributed by atoms with Gasteiger partial charge in [-0.2, -0.15) is 0 Å². The second-order valence-corrected chi connectivity index (χ2v) is 13.3. The molecule has 200 valence electrons. The molecule has 0 bridgehead atoms. The van der Waals surface area contributed by atoms with E-state index in [-0.39, 0.29) is 16.2 Å². The first-order valence-electron chi connectivity index (χ1n) is 13.4. The third-order valence-corrected chi connectivity index (χ3v) is 6.87. The van der Waals surface area contributed by atoms with Crippen molar-refractivity contribution in [3.8, 4) is 0 Å². The highest BCUT2D eigenvalue weighted by atomic mass is 16.5. The highest BCUT2D eigenvalue weighted by Gasteiger charge is 2.24. The summed E-state index contributed by atoms with van der Waals surface area (Å²) in [4.78, 5) is 8.79. The SMILES string of the molecule is CC(C)(C)c1cnc2n1CCC2.CC(C)(C)c1cnc2n1CCOC2.Cc1ccn(C)c1C(C)(C)C. The van der Waals surface area contributed by atoms with Crippen molar-refractivity contribution in [1.82, 2.24) is 23.7 Å². The van der Waals surface area contributed by atoms with Crippen LogP contribution in [0.15, 0.2) is 24.7 Å². The summed E-state index contributed by atoms with van der Waals surface area (Å²) in [5, 5.41) is 0. The maximum atomic E-state index is 5.34. The predicted molar refractivity (Wildman–Crippen MR) is 149 cm³/mol. The predicted octanol–water partition coefficient (Wildman–Crippen LogP) is 6.47. The highest BCUT2D eigenvalue weighted by Crippen LogP contribution is 2.27. The Morgan fingerprint density at radius 3 is 1.81 bits per heavy atom. The van der Waals surface area contributed by atoms with Crippen molar-refractivity contribution >= 4 is 0 Å². The van der Waals surface area contributed by atoms with Gasteiger partial charge < -0.3 is 18.4 Å². The molecule has 5 heterocycles. The molecule has 0 atom stereocenters. The van der Waals surface area contributed by atoms with E-state index in [4.69, 9.17) is 4.74 Å². The summed E-state index contributed by atoms with van der Waals surface area (Å²) in [5.74, 6) is 2.34. The first-order chi connectivity index (χ1) is 16.6. The Bertz CT molecular complexity index is 1120. The van der Waals surface area contributed by atoms with Gasteiger partial charge in [0.25, 0.3) is 0 Å².